The third-order valence-electron chi connectivity index (χ3n) is 3.54. The summed E-state index contributed by atoms with van der Waals surface area (Å²) in [5, 5.41) is 5.59. The number of thiocarbonyl (C=S) groups is 1. The second-order valence-electron chi connectivity index (χ2n) is 5.41. The topological polar surface area (TPSA) is 61.4 Å². The van der Waals surface area contributed by atoms with Gasteiger partial charge in [0.15, 0.2) is 5.11 Å². The van der Waals surface area contributed by atoms with Gasteiger partial charge in [0.1, 0.15) is 0 Å². The van der Waals surface area contributed by atoms with Crippen molar-refractivity contribution in [3.63, 3.8) is 0 Å². The van der Waals surface area contributed by atoms with Crippen LogP contribution >= 0.6 is 12.2 Å². The van der Waals surface area contributed by atoms with E-state index in [0.717, 1.165) is 16.0 Å². The Hall–Kier alpha value is -2.73. The van der Waals surface area contributed by atoms with E-state index in [4.69, 9.17) is 12.2 Å². The van der Waals surface area contributed by atoms with Crippen molar-refractivity contribution in [2.45, 2.75) is 6.92 Å². The largest absolute Gasteiger partial charge is 0.358 e. The molecule has 2 aromatic carbocycles. The van der Waals surface area contributed by atoms with Crippen LogP contribution in [0.25, 0.3) is 10.8 Å². The van der Waals surface area contributed by atoms with E-state index in [2.05, 4.69) is 17.3 Å². The van der Waals surface area contributed by atoms with Crippen LogP contribution in [0.3, 0.4) is 0 Å². The minimum Gasteiger partial charge on any atom is -0.358 e. The van der Waals surface area contributed by atoms with Gasteiger partial charge in [-0.3, -0.25) is 15.0 Å². The summed E-state index contributed by atoms with van der Waals surface area (Å²) in [5.41, 5.74) is 4.52. The molecule has 2 amide bonds. The molecule has 1 aliphatic heterocycles. The lowest BCUT2D eigenvalue weighted by Gasteiger charge is -2.28. The van der Waals surface area contributed by atoms with E-state index in [1.165, 1.54) is 0 Å². The van der Waals surface area contributed by atoms with Crippen molar-refractivity contribution in [2.75, 3.05) is 6.54 Å². The maximum absolute atomic E-state index is 12.6. The quantitative estimate of drug-likeness (QED) is 0.515. The lowest BCUT2D eigenvalue weighted by Crippen LogP contribution is -2.54. The summed E-state index contributed by atoms with van der Waals surface area (Å²) in [4.78, 5) is 25.2. The summed E-state index contributed by atoms with van der Waals surface area (Å²) in [5.74, 6) is -0.836. The molecule has 0 aromatic heterocycles. The fourth-order valence-electron chi connectivity index (χ4n) is 2.50. The second-order valence-corrected chi connectivity index (χ2v) is 5.81. The number of benzene rings is 2. The van der Waals surface area contributed by atoms with Gasteiger partial charge in [-0.25, -0.2) is 0 Å². The lowest BCUT2D eigenvalue weighted by atomic mass is 9.95. The molecule has 0 spiro atoms. The third kappa shape index (κ3) is 2.68. The Morgan fingerprint density at radius 2 is 1.70 bits per heavy atom. The van der Waals surface area contributed by atoms with Gasteiger partial charge < -0.3 is 5.32 Å². The summed E-state index contributed by atoms with van der Waals surface area (Å²) in [6.07, 6.45) is 0. The molecule has 0 saturated heterocycles. The molecule has 0 saturated carbocycles. The molecule has 5 nitrogen and oxygen atoms in total. The predicted octanol–water partition coefficient (Wildman–Crippen LogP) is 2.39. The number of rotatable bonds is 3. The Balaban J connectivity index is 1.94. The molecule has 0 aliphatic carbocycles. The Bertz CT molecular complexity index is 809. The standard InChI is InChI=1S/C17H15N3O2S/c1-10(2)9-18-17(23)19-20-15(21)12-7-3-5-11-6-4-8-13(14(11)12)16(20)22/h3-8H,1,9H2,2H3,(H2,18,19,23). The Labute approximate surface area is 138 Å². The van der Waals surface area contributed by atoms with E-state index in [1.54, 1.807) is 24.3 Å². The average Bonchev–Trinajstić information content (AvgIpc) is 2.54. The minimum absolute atomic E-state index is 0.196. The maximum atomic E-state index is 12.6. The fraction of sp³-hybridized carbons (Fsp3) is 0.118. The Kier molecular flexibility index (Phi) is 3.83. The van der Waals surface area contributed by atoms with E-state index >= 15 is 0 Å². The molecule has 2 aromatic rings. The van der Waals surface area contributed by atoms with Crippen molar-refractivity contribution in [2.24, 2.45) is 0 Å². The molecule has 3 rings (SSSR count). The molecule has 1 aliphatic rings. The van der Waals surface area contributed by atoms with Crippen LogP contribution in [0.15, 0.2) is 48.6 Å². The number of carbonyl (C=O) groups excluding carboxylic acids is 2. The first-order valence-electron chi connectivity index (χ1n) is 7.08. The SMILES string of the molecule is C=C(C)CNC(=S)NN1C(=O)c2cccc3cccc(c23)C1=O. The molecule has 0 radical (unpaired) electrons. The van der Waals surface area contributed by atoms with Gasteiger partial charge in [-0.15, -0.1) is 0 Å². The summed E-state index contributed by atoms with van der Waals surface area (Å²) in [6, 6.07) is 10.8. The van der Waals surface area contributed by atoms with Crippen LogP contribution in [0.1, 0.15) is 27.6 Å². The zero-order valence-corrected chi connectivity index (χ0v) is 13.4. The first-order chi connectivity index (χ1) is 11.0. The van der Waals surface area contributed by atoms with Gasteiger partial charge in [0, 0.05) is 11.9 Å². The number of imide groups is 1. The van der Waals surface area contributed by atoms with Crippen LogP contribution < -0.4 is 10.7 Å². The smallest absolute Gasteiger partial charge is 0.280 e. The molecule has 1 heterocycles. The van der Waals surface area contributed by atoms with Crippen LogP contribution in [0, 0.1) is 0 Å². The van der Waals surface area contributed by atoms with Gasteiger partial charge >= 0.3 is 0 Å². The van der Waals surface area contributed by atoms with E-state index in [9.17, 15) is 9.59 Å². The number of nitrogens with one attached hydrogen (secondary N) is 2. The monoisotopic (exact) mass is 325 g/mol. The number of nitrogens with zero attached hydrogens (tertiary/aromatic N) is 1. The molecule has 0 atom stereocenters. The highest BCUT2D eigenvalue weighted by Crippen LogP contribution is 2.29. The van der Waals surface area contributed by atoms with Crippen LogP contribution in [-0.2, 0) is 0 Å². The third-order valence-corrected chi connectivity index (χ3v) is 3.77. The molecular weight excluding hydrogens is 310 g/mol. The molecule has 23 heavy (non-hydrogen) atoms. The molecular formula is C17H15N3O2S. The highest BCUT2D eigenvalue weighted by molar-refractivity contribution is 7.80. The van der Waals surface area contributed by atoms with Crippen molar-refractivity contribution in [3.05, 3.63) is 59.7 Å². The van der Waals surface area contributed by atoms with E-state index in [-0.39, 0.29) is 5.11 Å². The molecule has 0 unspecified atom stereocenters. The van der Waals surface area contributed by atoms with Crippen LogP contribution in [0.2, 0.25) is 0 Å². The second kappa shape index (κ2) is 5.81. The van der Waals surface area contributed by atoms with E-state index in [1.807, 2.05) is 19.1 Å². The molecule has 2 N–H and O–H groups in total. The van der Waals surface area contributed by atoms with Crippen LogP contribution in [0.4, 0.5) is 0 Å². The summed E-state index contributed by atoms with van der Waals surface area (Å²) >= 11 is 5.13. The van der Waals surface area contributed by atoms with Gasteiger partial charge in [0.25, 0.3) is 11.8 Å². The molecule has 116 valence electrons. The number of carbonyl (C=O) groups is 2. The summed E-state index contributed by atoms with van der Waals surface area (Å²) in [6.45, 7) is 6.08. The zero-order chi connectivity index (χ0) is 16.6. The molecule has 0 fully saturated rings. The lowest BCUT2D eigenvalue weighted by molar-refractivity contribution is 0.0566. The molecule has 0 bridgehead atoms. The first-order valence-corrected chi connectivity index (χ1v) is 7.49. The minimum atomic E-state index is -0.418. The van der Waals surface area contributed by atoms with Crippen molar-refractivity contribution >= 4 is 39.9 Å². The van der Waals surface area contributed by atoms with Gasteiger partial charge in [-0.1, -0.05) is 36.4 Å². The number of hydrogen-bond acceptors (Lipinski definition) is 3. The predicted molar refractivity (Wildman–Crippen MR) is 93.0 cm³/mol. The highest BCUT2D eigenvalue weighted by atomic mass is 32.1. The average molecular weight is 325 g/mol. The van der Waals surface area contributed by atoms with Crippen molar-refractivity contribution in [1.82, 2.24) is 15.8 Å². The number of amides is 2. The van der Waals surface area contributed by atoms with Crippen molar-refractivity contribution < 1.29 is 9.59 Å². The number of hydrogen-bond donors (Lipinski definition) is 2. The van der Waals surface area contributed by atoms with E-state index < -0.39 is 11.8 Å². The molecule has 6 heteroatoms. The van der Waals surface area contributed by atoms with Crippen molar-refractivity contribution in [3.8, 4) is 0 Å². The van der Waals surface area contributed by atoms with Crippen molar-refractivity contribution in [1.29, 1.82) is 0 Å². The Morgan fingerprint density at radius 1 is 1.13 bits per heavy atom. The van der Waals surface area contributed by atoms with Crippen LogP contribution in [0.5, 0.6) is 0 Å². The van der Waals surface area contributed by atoms with E-state index in [0.29, 0.717) is 23.1 Å². The van der Waals surface area contributed by atoms with Gasteiger partial charge in [-0.05, 0) is 36.7 Å². The normalized spacial score (nSPS) is 13.2. The number of hydrazine groups is 1. The zero-order valence-electron chi connectivity index (χ0n) is 12.6. The first kappa shape index (κ1) is 15.2. The fourth-order valence-corrected chi connectivity index (χ4v) is 2.67. The van der Waals surface area contributed by atoms with Gasteiger partial charge in [-0.2, -0.15) is 5.01 Å². The Morgan fingerprint density at radius 3 is 2.22 bits per heavy atom. The summed E-state index contributed by atoms with van der Waals surface area (Å²) < 4.78 is 0. The van der Waals surface area contributed by atoms with Gasteiger partial charge in [0.05, 0.1) is 11.1 Å². The van der Waals surface area contributed by atoms with Crippen LogP contribution in [-0.4, -0.2) is 28.5 Å². The summed E-state index contributed by atoms with van der Waals surface area (Å²) in [7, 11) is 0. The maximum Gasteiger partial charge on any atom is 0.280 e. The van der Waals surface area contributed by atoms with Gasteiger partial charge in [0.2, 0.25) is 0 Å². The highest BCUT2D eigenvalue weighted by Gasteiger charge is 2.33.